The highest BCUT2D eigenvalue weighted by Crippen LogP contribution is 2.32. The Balaban J connectivity index is 1.62. The maximum absolute atomic E-state index is 12.8. The fraction of sp³-hybridized carbons (Fsp3) is 0.556. The number of hydrogen-bond acceptors (Lipinski definition) is 3. The molecule has 2 aliphatic heterocycles. The predicted molar refractivity (Wildman–Crippen MR) is 97.8 cm³/mol. The van der Waals surface area contributed by atoms with E-state index in [2.05, 4.69) is 21.2 Å². The van der Waals surface area contributed by atoms with Crippen LogP contribution < -0.4 is 10.2 Å². The summed E-state index contributed by atoms with van der Waals surface area (Å²) in [4.78, 5) is 28.9. The number of carbonyl (C=O) groups is 2. The van der Waals surface area contributed by atoms with Crippen molar-refractivity contribution < 1.29 is 9.59 Å². The van der Waals surface area contributed by atoms with Crippen molar-refractivity contribution in [3.63, 3.8) is 0 Å². The largest absolute Gasteiger partial charge is 0.342 e. The molecule has 1 aromatic rings. The van der Waals surface area contributed by atoms with Crippen LogP contribution in [-0.2, 0) is 9.59 Å². The van der Waals surface area contributed by atoms with Crippen LogP contribution in [-0.4, -0.2) is 49.9 Å². The first-order chi connectivity index (χ1) is 11.6. The first-order valence-corrected chi connectivity index (χ1v) is 9.37. The number of benzene rings is 1. The summed E-state index contributed by atoms with van der Waals surface area (Å²) >= 11 is 3.49. The summed E-state index contributed by atoms with van der Waals surface area (Å²) in [5.41, 5.74) is 0.852. The number of amides is 2. The third-order valence-corrected chi connectivity index (χ3v) is 5.71. The zero-order chi connectivity index (χ0) is 17.1. The van der Waals surface area contributed by atoms with Gasteiger partial charge in [0, 0.05) is 30.5 Å². The molecule has 2 heterocycles. The van der Waals surface area contributed by atoms with Crippen LogP contribution in [0.1, 0.15) is 19.3 Å². The van der Waals surface area contributed by atoms with Gasteiger partial charge in [0.25, 0.3) is 0 Å². The van der Waals surface area contributed by atoms with Crippen molar-refractivity contribution in [3.8, 4) is 0 Å². The quantitative estimate of drug-likeness (QED) is 0.853. The minimum atomic E-state index is -0.217. The molecule has 0 saturated carbocycles. The Morgan fingerprint density at radius 2 is 2.00 bits per heavy atom. The van der Waals surface area contributed by atoms with Gasteiger partial charge in [-0.05, 0) is 60.4 Å². The van der Waals surface area contributed by atoms with E-state index in [0.29, 0.717) is 18.9 Å². The summed E-state index contributed by atoms with van der Waals surface area (Å²) in [7, 11) is 1.97. The van der Waals surface area contributed by atoms with Gasteiger partial charge < -0.3 is 15.1 Å². The number of halogens is 1. The predicted octanol–water partition coefficient (Wildman–Crippen LogP) is 2.26. The first kappa shape index (κ1) is 17.4. The second-order valence-corrected chi connectivity index (χ2v) is 7.54. The smallest absolute Gasteiger partial charge is 0.228 e. The molecule has 24 heavy (non-hydrogen) atoms. The summed E-state index contributed by atoms with van der Waals surface area (Å²) < 4.78 is 0.888. The Morgan fingerprint density at radius 1 is 1.29 bits per heavy atom. The number of nitrogens with one attached hydrogen (secondary N) is 1. The maximum Gasteiger partial charge on any atom is 0.228 e. The third kappa shape index (κ3) is 3.64. The van der Waals surface area contributed by atoms with Crippen LogP contribution in [0, 0.1) is 11.8 Å². The second kappa shape index (κ2) is 7.66. The van der Waals surface area contributed by atoms with Crippen LogP contribution in [0.25, 0.3) is 0 Å². The Bertz CT molecular complexity index is 614. The summed E-state index contributed by atoms with van der Waals surface area (Å²) in [5, 5.41) is 3.21. The van der Waals surface area contributed by atoms with Gasteiger partial charge in [0.2, 0.25) is 11.8 Å². The molecule has 130 valence electrons. The van der Waals surface area contributed by atoms with E-state index < -0.39 is 0 Å². The molecule has 1 aromatic carbocycles. The van der Waals surface area contributed by atoms with Crippen molar-refractivity contribution in [2.24, 2.45) is 11.8 Å². The topological polar surface area (TPSA) is 52.7 Å². The van der Waals surface area contributed by atoms with Crippen molar-refractivity contribution in [2.45, 2.75) is 19.3 Å². The Labute approximate surface area is 151 Å². The highest BCUT2D eigenvalue weighted by atomic mass is 79.9. The molecule has 2 amide bonds. The monoisotopic (exact) mass is 393 g/mol. The van der Waals surface area contributed by atoms with E-state index >= 15 is 0 Å². The highest BCUT2D eigenvalue weighted by Gasteiger charge is 2.38. The summed E-state index contributed by atoms with van der Waals surface area (Å²) in [6, 6.07) is 7.67. The van der Waals surface area contributed by atoms with Crippen LogP contribution in [0.15, 0.2) is 28.7 Å². The van der Waals surface area contributed by atoms with Crippen LogP contribution in [0.5, 0.6) is 0 Å². The molecule has 0 aromatic heterocycles. The standard InChI is InChI=1S/C18H24BrN3O2/c1-20-11-13-6-8-21(9-7-13)18(24)14-10-17(23)22(12-14)16-5-3-2-4-15(16)19/h2-5,13-14,20H,6-12H2,1H3. The van der Waals surface area contributed by atoms with E-state index in [1.165, 1.54) is 0 Å². The van der Waals surface area contributed by atoms with E-state index in [-0.39, 0.29) is 17.7 Å². The Hall–Kier alpha value is -1.40. The molecule has 6 heteroatoms. The van der Waals surface area contributed by atoms with Gasteiger partial charge in [-0.3, -0.25) is 9.59 Å². The molecular weight excluding hydrogens is 370 g/mol. The molecule has 1 unspecified atom stereocenters. The summed E-state index contributed by atoms with van der Waals surface area (Å²) in [5.74, 6) is 0.609. The van der Waals surface area contributed by atoms with Gasteiger partial charge in [-0.15, -0.1) is 0 Å². The van der Waals surface area contributed by atoms with E-state index in [0.717, 1.165) is 42.6 Å². The number of rotatable bonds is 4. The van der Waals surface area contributed by atoms with Crippen molar-refractivity contribution in [1.29, 1.82) is 0 Å². The molecule has 3 rings (SSSR count). The Kier molecular flexibility index (Phi) is 5.56. The third-order valence-electron chi connectivity index (χ3n) is 5.04. The van der Waals surface area contributed by atoms with Crippen LogP contribution in [0.2, 0.25) is 0 Å². The van der Waals surface area contributed by atoms with E-state index in [1.807, 2.05) is 36.2 Å². The Morgan fingerprint density at radius 3 is 2.67 bits per heavy atom. The number of nitrogens with zero attached hydrogens (tertiary/aromatic N) is 2. The fourth-order valence-electron chi connectivity index (χ4n) is 3.68. The zero-order valence-electron chi connectivity index (χ0n) is 14.0. The number of anilines is 1. The molecule has 2 saturated heterocycles. The van der Waals surface area contributed by atoms with Crippen LogP contribution in [0.4, 0.5) is 5.69 Å². The normalized spacial score (nSPS) is 22.2. The summed E-state index contributed by atoms with van der Waals surface area (Å²) in [6.45, 7) is 3.12. The lowest BCUT2D eigenvalue weighted by molar-refractivity contribution is -0.137. The van der Waals surface area contributed by atoms with Gasteiger partial charge in [0.1, 0.15) is 0 Å². The number of hydrogen-bond donors (Lipinski definition) is 1. The molecule has 1 N–H and O–H groups in total. The van der Waals surface area contributed by atoms with Crippen molar-refractivity contribution in [1.82, 2.24) is 10.2 Å². The maximum atomic E-state index is 12.8. The average molecular weight is 394 g/mol. The number of para-hydroxylation sites is 1. The molecule has 0 radical (unpaired) electrons. The van der Waals surface area contributed by atoms with Crippen LogP contribution in [0.3, 0.4) is 0 Å². The molecule has 0 spiro atoms. The van der Waals surface area contributed by atoms with Gasteiger partial charge in [-0.25, -0.2) is 0 Å². The van der Waals surface area contributed by atoms with Crippen molar-refractivity contribution in [2.75, 3.05) is 38.1 Å². The average Bonchev–Trinajstić information content (AvgIpc) is 2.97. The van der Waals surface area contributed by atoms with Gasteiger partial charge >= 0.3 is 0 Å². The minimum absolute atomic E-state index is 0.0327. The molecular formula is C18H24BrN3O2. The molecule has 5 nitrogen and oxygen atoms in total. The molecule has 0 bridgehead atoms. The lowest BCUT2D eigenvalue weighted by Crippen LogP contribution is -2.43. The molecule has 2 fully saturated rings. The summed E-state index contributed by atoms with van der Waals surface area (Å²) in [6.07, 6.45) is 2.40. The van der Waals surface area contributed by atoms with Crippen molar-refractivity contribution >= 4 is 33.4 Å². The van der Waals surface area contributed by atoms with E-state index in [9.17, 15) is 9.59 Å². The number of likely N-dealkylation sites (tertiary alicyclic amines) is 1. The van der Waals surface area contributed by atoms with Gasteiger partial charge in [0.15, 0.2) is 0 Å². The molecule has 2 aliphatic rings. The number of piperidine rings is 1. The lowest BCUT2D eigenvalue weighted by Gasteiger charge is -2.33. The van der Waals surface area contributed by atoms with Gasteiger partial charge in [-0.2, -0.15) is 0 Å². The minimum Gasteiger partial charge on any atom is -0.342 e. The van der Waals surface area contributed by atoms with Crippen molar-refractivity contribution in [3.05, 3.63) is 28.7 Å². The van der Waals surface area contributed by atoms with Gasteiger partial charge in [-0.1, -0.05) is 12.1 Å². The highest BCUT2D eigenvalue weighted by molar-refractivity contribution is 9.10. The van der Waals surface area contributed by atoms with Gasteiger partial charge in [0.05, 0.1) is 11.6 Å². The lowest BCUT2D eigenvalue weighted by atomic mass is 9.95. The van der Waals surface area contributed by atoms with E-state index in [1.54, 1.807) is 4.90 Å². The zero-order valence-corrected chi connectivity index (χ0v) is 15.6. The van der Waals surface area contributed by atoms with Crippen LogP contribution >= 0.6 is 15.9 Å². The molecule has 1 atom stereocenters. The SMILES string of the molecule is CNCC1CCN(C(=O)C2CC(=O)N(c3ccccc3Br)C2)CC1. The second-order valence-electron chi connectivity index (χ2n) is 6.68. The van der Waals surface area contributed by atoms with E-state index in [4.69, 9.17) is 0 Å². The fourth-order valence-corrected chi connectivity index (χ4v) is 4.18. The molecule has 0 aliphatic carbocycles. The number of carbonyl (C=O) groups excluding carboxylic acids is 2. The first-order valence-electron chi connectivity index (χ1n) is 8.58.